The zero-order valence-electron chi connectivity index (χ0n) is 21.5. The predicted molar refractivity (Wildman–Crippen MR) is 148 cm³/mol. The van der Waals surface area contributed by atoms with Crippen molar-refractivity contribution in [1.82, 2.24) is 9.97 Å². The van der Waals surface area contributed by atoms with Gasteiger partial charge in [-0.1, -0.05) is 66.7 Å². The van der Waals surface area contributed by atoms with Crippen molar-refractivity contribution >= 4 is 33.6 Å². The van der Waals surface area contributed by atoms with E-state index in [1.807, 2.05) is 30.3 Å². The smallest absolute Gasteiger partial charge is 0.316 e. The first-order valence-electron chi connectivity index (χ1n) is 12.9. The van der Waals surface area contributed by atoms with Crippen LogP contribution in [0.1, 0.15) is 58.6 Å². The molecule has 1 atom stereocenters. The normalized spacial score (nSPS) is 12.3. The van der Waals surface area contributed by atoms with Gasteiger partial charge in [-0.05, 0) is 56.9 Å². The van der Waals surface area contributed by atoms with Crippen molar-refractivity contribution in [2.75, 3.05) is 6.61 Å². The molecule has 0 saturated carbocycles. The zero-order valence-corrected chi connectivity index (χ0v) is 21.5. The number of carbonyl (C=O) groups is 2. The van der Waals surface area contributed by atoms with Crippen LogP contribution in [0.3, 0.4) is 0 Å². The van der Waals surface area contributed by atoms with Crippen molar-refractivity contribution in [3.63, 3.8) is 0 Å². The average molecular weight is 493 g/mol. The maximum Gasteiger partial charge on any atom is 0.316 e. The molecule has 3 aromatic carbocycles. The molecule has 0 bridgehead atoms. The number of nitrogens with one attached hydrogen (secondary N) is 2. The number of para-hydroxylation sites is 2. The average Bonchev–Trinajstić information content (AvgIpc) is 3.42. The summed E-state index contributed by atoms with van der Waals surface area (Å²) in [4.78, 5) is 33.6. The summed E-state index contributed by atoms with van der Waals surface area (Å²) in [5.41, 5.74) is 7.30. The van der Waals surface area contributed by atoms with Gasteiger partial charge in [-0.3, -0.25) is 9.59 Å². The molecule has 2 heterocycles. The highest BCUT2D eigenvalue weighted by atomic mass is 16.5. The van der Waals surface area contributed by atoms with Crippen molar-refractivity contribution in [3.05, 3.63) is 107 Å². The van der Waals surface area contributed by atoms with Gasteiger partial charge in [0.25, 0.3) is 0 Å². The van der Waals surface area contributed by atoms with Gasteiger partial charge in [0.15, 0.2) is 5.78 Å². The second-order valence-corrected chi connectivity index (χ2v) is 9.58. The number of fused-ring (bicyclic) bond motifs is 2. The number of esters is 1. The van der Waals surface area contributed by atoms with Crippen LogP contribution < -0.4 is 0 Å². The monoisotopic (exact) mass is 492 g/mol. The predicted octanol–water partition coefficient (Wildman–Crippen LogP) is 7.24. The zero-order chi connectivity index (χ0) is 25.9. The third-order valence-electron chi connectivity index (χ3n) is 7.27. The highest BCUT2D eigenvalue weighted by Crippen LogP contribution is 2.42. The molecule has 0 radical (unpaired) electrons. The Morgan fingerprint density at radius 3 is 1.78 bits per heavy atom. The van der Waals surface area contributed by atoms with Gasteiger partial charge in [-0.15, -0.1) is 0 Å². The van der Waals surface area contributed by atoms with E-state index in [9.17, 15) is 9.59 Å². The van der Waals surface area contributed by atoms with Gasteiger partial charge < -0.3 is 14.7 Å². The van der Waals surface area contributed by atoms with Crippen molar-refractivity contribution in [1.29, 1.82) is 0 Å². The van der Waals surface area contributed by atoms with Crippen molar-refractivity contribution in [2.45, 2.75) is 39.5 Å². The van der Waals surface area contributed by atoms with E-state index in [1.165, 1.54) is 11.1 Å². The lowest BCUT2D eigenvalue weighted by Gasteiger charge is -2.22. The van der Waals surface area contributed by atoms with Gasteiger partial charge in [0, 0.05) is 44.7 Å². The van der Waals surface area contributed by atoms with Gasteiger partial charge in [-0.25, -0.2) is 0 Å². The molecule has 5 rings (SSSR count). The Balaban J connectivity index is 1.60. The van der Waals surface area contributed by atoms with Crippen LogP contribution in [-0.2, 0) is 9.53 Å². The van der Waals surface area contributed by atoms with Crippen LogP contribution in [0.4, 0.5) is 0 Å². The molecule has 188 valence electrons. The number of Topliss-reactive ketones (excluding diaryl/α,β-unsaturated/α-hetero) is 1. The number of ketones is 1. The molecule has 0 saturated heterocycles. The maximum absolute atomic E-state index is 13.5. The SMILES string of the molecule is CCOC(=O)C(CCC(c1c(C)[nH]c2ccccc12)c1c(C)[nH]c2ccccc12)C(=O)c1ccccc1. The minimum atomic E-state index is -0.860. The number of H-pyrrole nitrogens is 2. The third-order valence-corrected chi connectivity index (χ3v) is 7.27. The summed E-state index contributed by atoms with van der Waals surface area (Å²) < 4.78 is 5.38. The van der Waals surface area contributed by atoms with Crippen LogP contribution in [0.15, 0.2) is 78.9 Å². The molecular weight excluding hydrogens is 460 g/mol. The second-order valence-electron chi connectivity index (χ2n) is 9.58. The van der Waals surface area contributed by atoms with Crippen molar-refractivity contribution < 1.29 is 14.3 Å². The molecule has 5 heteroatoms. The molecule has 5 aromatic rings. The first-order chi connectivity index (χ1) is 18.0. The van der Waals surface area contributed by atoms with Crippen molar-refractivity contribution in [3.8, 4) is 0 Å². The van der Waals surface area contributed by atoms with Crippen LogP contribution in [0.5, 0.6) is 0 Å². The number of aryl methyl sites for hydroxylation is 2. The Labute approximate surface area is 216 Å². The first kappa shape index (κ1) is 24.6. The highest BCUT2D eigenvalue weighted by molar-refractivity contribution is 6.08. The van der Waals surface area contributed by atoms with E-state index < -0.39 is 11.9 Å². The number of benzene rings is 3. The van der Waals surface area contributed by atoms with Gasteiger partial charge in [0.2, 0.25) is 0 Å². The van der Waals surface area contributed by atoms with Gasteiger partial charge >= 0.3 is 5.97 Å². The van der Waals surface area contributed by atoms with Crippen LogP contribution in [-0.4, -0.2) is 28.3 Å². The highest BCUT2D eigenvalue weighted by Gasteiger charge is 2.32. The largest absolute Gasteiger partial charge is 0.465 e. The Hall–Kier alpha value is -4.12. The lowest BCUT2D eigenvalue weighted by Crippen LogP contribution is -2.27. The molecule has 37 heavy (non-hydrogen) atoms. The van der Waals surface area contributed by atoms with Gasteiger partial charge in [0.05, 0.1) is 6.61 Å². The summed E-state index contributed by atoms with van der Waals surface area (Å²) in [6, 6.07) is 25.7. The Bertz CT molecular complexity index is 1480. The van der Waals surface area contributed by atoms with Gasteiger partial charge in [-0.2, -0.15) is 0 Å². The molecule has 0 fully saturated rings. The number of aromatic nitrogens is 2. The Kier molecular flexibility index (Phi) is 6.95. The molecule has 0 aliphatic heterocycles. The molecule has 1 unspecified atom stereocenters. The molecule has 0 aliphatic rings. The third kappa shape index (κ3) is 4.69. The number of rotatable bonds is 9. The van der Waals surface area contributed by atoms with Crippen molar-refractivity contribution in [2.24, 2.45) is 5.92 Å². The fourth-order valence-corrected chi connectivity index (χ4v) is 5.66. The number of hydrogen-bond donors (Lipinski definition) is 2. The van der Waals surface area contributed by atoms with Gasteiger partial charge in [0.1, 0.15) is 5.92 Å². The molecule has 2 N–H and O–H groups in total. The summed E-state index contributed by atoms with van der Waals surface area (Å²) in [6.07, 6.45) is 1.00. The lowest BCUT2D eigenvalue weighted by molar-refractivity contribution is -0.146. The number of carbonyl (C=O) groups excluding carboxylic acids is 2. The number of hydrogen-bond acceptors (Lipinski definition) is 3. The van der Waals surface area contributed by atoms with Crippen LogP contribution in [0, 0.1) is 19.8 Å². The van der Waals surface area contributed by atoms with E-state index >= 15 is 0 Å². The maximum atomic E-state index is 13.5. The minimum absolute atomic E-state index is 0.0206. The molecule has 0 spiro atoms. The fraction of sp³-hybridized carbons (Fsp3) is 0.250. The molecule has 0 amide bonds. The minimum Gasteiger partial charge on any atom is -0.465 e. The Morgan fingerprint density at radius 1 is 0.730 bits per heavy atom. The van der Waals surface area contributed by atoms with E-state index in [1.54, 1.807) is 19.1 Å². The second kappa shape index (κ2) is 10.5. The standard InChI is InChI=1S/C32H32N2O3/c1-4-37-32(36)26(31(35)22-12-6-5-7-13-22)19-18-25(29-20(2)33-27-16-10-8-14-23(27)29)30-21(3)34-28-17-11-9-15-24(28)30/h5-17,25-26,33-34H,4,18-19H2,1-3H3. The van der Waals surface area contributed by atoms with E-state index in [-0.39, 0.29) is 18.3 Å². The number of aromatic amines is 2. The quantitative estimate of drug-likeness (QED) is 0.129. The lowest BCUT2D eigenvalue weighted by atomic mass is 9.81. The summed E-state index contributed by atoms with van der Waals surface area (Å²) in [6.45, 7) is 6.22. The fourth-order valence-electron chi connectivity index (χ4n) is 5.66. The summed E-state index contributed by atoms with van der Waals surface area (Å²) in [5, 5.41) is 2.33. The summed E-state index contributed by atoms with van der Waals surface area (Å²) in [7, 11) is 0. The van der Waals surface area contributed by atoms with Crippen LogP contribution >= 0.6 is 0 Å². The molecule has 5 nitrogen and oxygen atoms in total. The Morgan fingerprint density at radius 2 is 1.24 bits per heavy atom. The van der Waals surface area contributed by atoms with Crippen LogP contribution in [0.25, 0.3) is 21.8 Å². The van der Waals surface area contributed by atoms with Crippen LogP contribution in [0.2, 0.25) is 0 Å². The van der Waals surface area contributed by atoms with E-state index in [2.05, 4.69) is 60.2 Å². The topological polar surface area (TPSA) is 75.0 Å². The van der Waals surface area contributed by atoms with E-state index in [0.717, 1.165) is 33.2 Å². The van der Waals surface area contributed by atoms with E-state index in [4.69, 9.17) is 4.74 Å². The van der Waals surface area contributed by atoms with E-state index in [0.29, 0.717) is 18.4 Å². The summed E-state index contributed by atoms with van der Waals surface area (Å²) in [5.74, 6) is -1.53. The summed E-state index contributed by atoms with van der Waals surface area (Å²) >= 11 is 0. The number of ether oxygens (including phenoxy) is 1. The molecular formula is C32H32N2O3. The molecule has 2 aromatic heterocycles. The molecule has 0 aliphatic carbocycles. The first-order valence-corrected chi connectivity index (χ1v) is 12.9.